The number of nitrogens with one attached hydrogen (secondary N) is 1. The van der Waals surface area contributed by atoms with E-state index in [-0.39, 0.29) is 23.7 Å². The average molecular weight is 435 g/mol. The molecule has 1 saturated heterocycles. The van der Waals surface area contributed by atoms with Crippen LogP contribution in [0.4, 0.5) is 5.95 Å². The zero-order valence-corrected chi connectivity index (χ0v) is 18.5. The Hall–Kier alpha value is -3.16. The second-order valence-corrected chi connectivity index (χ2v) is 9.01. The minimum absolute atomic E-state index is 0.0106. The van der Waals surface area contributed by atoms with Crippen LogP contribution in [0.25, 0.3) is 11.2 Å². The number of hydrogen-bond acceptors (Lipinski definition) is 5. The molecule has 0 bridgehead atoms. The molecule has 1 N–H and O–H groups in total. The molecular weight excluding hydrogens is 404 g/mol. The van der Waals surface area contributed by atoms with Crippen molar-refractivity contribution in [3.05, 3.63) is 52.6 Å². The monoisotopic (exact) mass is 434 g/mol. The molecule has 1 saturated carbocycles. The molecule has 8 heteroatoms. The van der Waals surface area contributed by atoms with Crippen LogP contribution in [0.3, 0.4) is 0 Å². The van der Waals surface area contributed by atoms with Crippen LogP contribution in [0, 0.1) is 0 Å². The standard InChI is InChI=1S/C24H30N6O2/c1-28-20-16-25-23(27-22(20)30(24(28)32)19-9-5-6-10-19)26-18-11-13-29(14-12-18)21(31)15-17-7-3-2-4-8-17/h2-4,7-8,16,18-19H,5-6,9-15H2,1H3,(H,25,26,27). The molecule has 1 aliphatic carbocycles. The molecule has 2 aliphatic rings. The van der Waals surface area contributed by atoms with Gasteiger partial charge in [0.1, 0.15) is 5.52 Å². The Bertz CT molecular complexity index is 1150. The summed E-state index contributed by atoms with van der Waals surface area (Å²) < 4.78 is 3.51. The first kappa shape index (κ1) is 20.7. The molecule has 2 aromatic heterocycles. The lowest BCUT2D eigenvalue weighted by molar-refractivity contribution is -0.131. The number of fused-ring (bicyclic) bond motifs is 1. The van der Waals surface area contributed by atoms with Crippen molar-refractivity contribution < 1.29 is 4.79 Å². The van der Waals surface area contributed by atoms with Gasteiger partial charge >= 0.3 is 5.69 Å². The van der Waals surface area contributed by atoms with E-state index in [2.05, 4.69) is 10.3 Å². The van der Waals surface area contributed by atoms with E-state index in [9.17, 15) is 9.59 Å². The van der Waals surface area contributed by atoms with Crippen LogP contribution in [0.1, 0.15) is 50.1 Å². The fourth-order valence-electron chi connectivity index (χ4n) is 5.03. The summed E-state index contributed by atoms with van der Waals surface area (Å²) in [5.41, 5.74) is 2.53. The summed E-state index contributed by atoms with van der Waals surface area (Å²) in [6.45, 7) is 1.45. The minimum atomic E-state index is -0.0106. The molecule has 0 spiro atoms. The summed E-state index contributed by atoms with van der Waals surface area (Å²) in [5.74, 6) is 0.737. The normalized spacial score (nSPS) is 17.8. The molecule has 3 aromatic rings. The Labute approximate surface area is 187 Å². The van der Waals surface area contributed by atoms with E-state index in [1.807, 2.05) is 39.8 Å². The first-order valence-corrected chi connectivity index (χ1v) is 11.6. The number of aromatic nitrogens is 4. The quantitative estimate of drug-likeness (QED) is 0.667. The molecule has 8 nitrogen and oxygen atoms in total. The van der Waals surface area contributed by atoms with Gasteiger partial charge in [-0.05, 0) is 31.2 Å². The zero-order valence-electron chi connectivity index (χ0n) is 18.5. The van der Waals surface area contributed by atoms with Crippen molar-refractivity contribution in [1.82, 2.24) is 24.0 Å². The zero-order chi connectivity index (χ0) is 22.1. The third kappa shape index (κ3) is 4.01. The van der Waals surface area contributed by atoms with Gasteiger partial charge in [0.15, 0.2) is 5.65 Å². The fourth-order valence-corrected chi connectivity index (χ4v) is 5.03. The largest absolute Gasteiger partial charge is 0.351 e. The molecule has 0 radical (unpaired) electrons. The highest BCUT2D eigenvalue weighted by atomic mass is 16.2. The maximum atomic E-state index is 12.8. The van der Waals surface area contributed by atoms with Gasteiger partial charge in [-0.25, -0.2) is 9.78 Å². The molecular formula is C24H30N6O2. The van der Waals surface area contributed by atoms with Crippen molar-refractivity contribution >= 4 is 23.0 Å². The fraction of sp³-hybridized carbons (Fsp3) is 0.500. The highest BCUT2D eigenvalue weighted by Gasteiger charge is 2.26. The van der Waals surface area contributed by atoms with Crippen LogP contribution >= 0.6 is 0 Å². The molecule has 1 amide bonds. The molecule has 0 unspecified atom stereocenters. The van der Waals surface area contributed by atoms with Gasteiger partial charge in [0.2, 0.25) is 11.9 Å². The number of piperidine rings is 1. The number of amides is 1. The van der Waals surface area contributed by atoms with Crippen molar-refractivity contribution in [2.24, 2.45) is 7.05 Å². The van der Waals surface area contributed by atoms with E-state index in [1.54, 1.807) is 17.8 Å². The van der Waals surface area contributed by atoms with Crippen LogP contribution in [0.5, 0.6) is 0 Å². The third-order valence-electron chi connectivity index (χ3n) is 6.90. The third-order valence-corrected chi connectivity index (χ3v) is 6.90. The Morgan fingerprint density at radius 1 is 1.09 bits per heavy atom. The van der Waals surface area contributed by atoms with E-state index in [0.29, 0.717) is 12.4 Å². The van der Waals surface area contributed by atoms with Crippen molar-refractivity contribution in [2.75, 3.05) is 18.4 Å². The molecule has 1 aliphatic heterocycles. The number of nitrogens with zero attached hydrogens (tertiary/aromatic N) is 5. The maximum Gasteiger partial charge on any atom is 0.330 e. The molecule has 5 rings (SSSR count). The summed E-state index contributed by atoms with van der Waals surface area (Å²) in [4.78, 5) is 36.6. The van der Waals surface area contributed by atoms with E-state index in [4.69, 9.17) is 4.98 Å². The Morgan fingerprint density at radius 3 is 2.53 bits per heavy atom. The number of anilines is 1. The number of carbonyl (C=O) groups is 1. The highest BCUT2D eigenvalue weighted by Crippen LogP contribution is 2.30. The molecule has 0 atom stereocenters. The van der Waals surface area contributed by atoms with Gasteiger partial charge in [-0.3, -0.25) is 13.9 Å². The van der Waals surface area contributed by atoms with Crippen LogP contribution in [-0.4, -0.2) is 49.0 Å². The first-order chi connectivity index (χ1) is 15.6. The van der Waals surface area contributed by atoms with Crippen molar-refractivity contribution in [1.29, 1.82) is 0 Å². The summed E-state index contributed by atoms with van der Waals surface area (Å²) in [5, 5.41) is 3.44. The highest BCUT2D eigenvalue weighted by molar-refractivity contribution is 5.79. The van der Waals surface area contributed by atoms with Crippen LogP contribution in [0.2, 0.25) is 0 Å². The second kappa shape index (κ2) is 8.76. The SMILES string of the molecule is Cn1c(=O)n(C2CCCC2)c2nc(NC3CCN(C(=O)Cc4ccccc4)CC3)ncc21. The lowest BCUT2D eigenvalue weighted by atomic mass is 10.0. The van der Waals surface area contributed by atoms with Gasteiger partial charge in [0.05, 0.1) is 12.6 Å². The Morgan fingerprint density at radius 2 is 1.81 bits per heavy atom. The van der Waals surface area contributed by atoms with Crippen molar-refractivity contribution in [3.63, 3.8) is 0 Å². The molecule has 32 heavy (non-hydrogen) atoms. The molecule has 3 heterocycles. The summed E-state index contributed by atoms with van der Waals surface area (Å²) in [7, 11) is 1.79. The van der Waals surface area contributed by atoms with Crippen molar-refractivity contribution in [3.8, 4) is 0 Å². The number of carbonyl (C=O) groups excluding carboxylic acids is 1. The second-order valence-electron chi connectivity index (χ2n) is 9.01. The lowest BCUT2D eigenvalue weighted by Gasteiger charge is -2.32. The van der Waals surface area contributed by atoms with Gasteiger partial charge < -0.3 is 10.2 Å². The first-order valence-electron chi connectivity index (χ1n) is 11.6. The number of imidazole rings is 1. The predicted octanol–water partition coefficient (Wildman–Crippen LogP) is 2.89. The van der Waals surface area contributed by atoms with E-state index in [1.165, 1.54) is 0 Å². The van der Waals surface area contributed by atoms with Gasteiger partial charge in [-0.15, -0.1) is 0 Å². The van der Waals surface area contributed by atoms with E-state index >= 15 is 0 Å². The molecule has 1 aromatic carbocycles. The van der Waals surface area contributed by atoms with Crippen LogP contribution in [-0.2, 0) is 18.3 Å². The average Bonchev–Trinajstić information content (AvgIpc) is 3.42. The van der Waals surface area contributed by atoms with Gasteiger partial charge in [0, 0.05) is 32.2 Å². The van der Waals surface area contributed by atoms with Gasteiger partial charge in [0.25, 0.3) is 0 Å². The lowest BCUT2D eigenvalue weighted by Crippen LogP contribution is -2.43. The number of hydrogen-bond donors (Lipinski definition) is 1. The van der Waals surface area contributed by atoms with Crippen LogP contribution < -0.4 is 11.0 Å². The van der Waals surface area contributed by atoms with E-state index in [0.717, 1.165) is 68.3 Å². The topological polar surface area (TPSA) is 85.0 Å². The molecule has 168 valence electrons. The van der Waals surface area contributed by atoms with Crippen molar-refractivity contribution in [2.45, 2.75) is 57.0 Å². The van der Waals surface area contributed by atoms with Gasteiger partial charge in [-0.1, -0.05) is 43.2 Å². The van der Waals surface area contributed by atoms with E-state index < -0.39 is 0 Å². The Balaban J connectivity index is 1.25. The maximum absolute atomic E-state index is 12.8. The number of likely N-dealkylation sites (tertiary alicyclic amines) is 1. The minimum Gasteiger partial charge on any atom is -0.351 e. The van der Waals surface area contributed by atoms with Crippen LogP contribution in [0.15, 0.2) is 41.3 Å². The Kier molecular flexibility index (Phi) is 5.68. The summed E-state index contributed by atoms with van der Waals surface area (Å²) in [6.07, 6.45) is 8.28. The number of benzene rings is 1. The summed E-state index contributed by atoms with van der Waals surface area (Å²) >= 11 is 0. The summed E-state index contributed by atoms with van der Waals surface area (Å²) in [6, 6.07) is 10.3. The smallest absolute Gasteiger partial charge is 0.330 e. The number of aryl methyl sites for hydroxylation is 1. The predicted molar refractivity (Wildman–Crippen MR) is 124 cm³/mol. The molecule has 2 fully saturated rings. The number of rotatable bonds is 5. The van der Waals surface area contributed by atoms with Gasteiger partial charge in [-0.2, -0.15) is 4.98 Å².